The van der Waals surface area contributed by atoms with Crippen LogP contribution >= 0.6 is 0 Å². The Balaban J connectivity index is 1.50. The standard InChI is InChI=1S/C22H20N2O5/c1-28-18-6-2-4-14-9-16(22(27)29-20(14)18)21(26)23-10-13-8-15(12-23)17-5-3-7-19(25)24(17)11-13/h2-7,9,13,15H,8,10-12H2,1H3/t13-,15-/m1/s1. The van der Waals surface area contributed by atoms with Gasteiger partial charge in [0.05, 0.1) is 7.11 Å². The molecule has 4 heterocycles. The molecule has 7 nitrogen and oxygen atoms in total. The first-order valence-corrected chi connectivity index (χ1v) is 9.65. The van der Waals surface area contributed by atoms with Crippen LogP contribution < -0.4 is 15.9 Å². The molecule has 2 aliphatic rings. The summed E-state index contributed by atoms with van der Waals surface area (Å²) >= 11 is 0. The van der Waals surface area contributed by atoms with Crippen molar-refractivity contribution < 1.29 is 13.9 Å². The number of hydrogen-bond acceptors (Lipinski definition) is 5. The van der Waals surface area contributed by atoms with E-state index in [1.807, 2.05) is 10.6 Å². The average Bonchev–Trinajstić information content (AvgIpc) is 2.73. The van der Waals surface area contributed by atoms with Crippen LogP contribution in [0.2, 0.25) is 0 Å². The number of likely N-dealkylation sites (tertiary alicyclic amines) is 1. The highest BCUT2D eigenvalue weighted by Gasteiger charge is 2.37. The normalized spacial score (nSPS) is 20.4. The van der Waals surface area contributed by atoms with Crippen LogP contribution in [0, 0.1) is 5.92 Å². The molecule has 148 valence electrons. The number of piperidine rings is 1. The molecule has 0 unspecified atom stereocenters. The maximum Gasteiger partial charge on any atom is 0.349 e. The molecule has 0 saturated carbocycles. The highest BCUT2D eigenvalue weighted by Crippen LogP contribution is 2.35. The fourth-order valence-electron chi connectivity index (χ4n) is 4.66. The number of nitrogens with zero attached hydrogens (tertiary/aromatic N) is 2. The van der Waals surface area contributed by atoms with Crippen molar-refractivity contribution >= 4 is 16.9 Å². The number of fused-ring (bicyclic) bond motifs is 5. The van der Waals surface area contributed by atoms with Crippen LogP contribution in [0.1, 0.15) is 28.4 Å². The topological polar surface area (TPSA) is 81.8 Å². The summed E-state index contributed by atoms with van der Waals surface area (Å²) in [6.45, 7) is 1.60. The summed E-state index contributed by atoms with van der Waals surface area (Å²) in [5, 5.41) is 0.640. The number of amides is 1. The second kappa shape index (κ2) is 6.62. The molecule has 1 aromatic carbocycles. The van der Waals surface area contributed by atoms with E-state index in [1.165, 1.54) is 7.11 Å². The third kappa shape index (κ3) is 2.85. The molecule has 2 aromatic heterocycles. The molecule has 2 atom stereocenters. The Morgan fingerprint density at radius 1 is 1.10 bits per heavy atom. The molecular weight excluding hydrogens is 372 g/mol. The lowest BCUT2D eigenvalue weighted by Gasteiger charge is -2.42. The zero-order valence-electron chi connectivity index (χ0n) is 16.0. The van der Waals surface area contributed by atoms with E-state index in [1.54, 1.807) is 41.3 Å². The van der Waals surface area contributed by atoms with Gasteiger partial charge in [0.25, 0.3) is 11.5 Å². The van der Waals surface area contributed by atoms with Crippen molar-refractivity contribution in [1.29, 1.82) is 0 Å². The van der Waals surface area contributed by atoms with Crippen molar-refractivity contribution in [3.05, 3.63) is 74.5 Å². The van der Waals surface area contributed by atoms with E-state index in [0.717, 1.165) is 12.1 Å². The van der Waals surface area contributed by atoms with Crippen molar-refractivity contribution in [1.82, 2.24) is 9.47 Å². The Bertz CT molecular complexity index is 1240. The van der Waals surface area contributed by atoms with Gasteiger partial charge >= 0.3 is 5.63 Å². The number of methoxy groups -OCH3 is 1. The predicted molar refractivity (Wildman–Crippen MR) is 106 cm³/mol. The number of benzene rings is 1. The first-order chi connectivity index (χ1) is 14.0. The van der Waals surface area contributed by atoms with Gasteiger partial charge in [0.2, 0.25) is 0 Å². The minimum absolute atomic E-state index is 0.00102. The highest BCUT2D eigenvalue weighted by molar-refractivity contribution is 5.97. The fourth-order valence-corrected chi connectivity index (χ4v) is 4.66. The van der Waals surface area contributed by atoms with Gasteiger partial charge in [-0.1, -0.05) is 18.2 Å². The molecule has 2 aliphatic heterocycles. The summed E-state index contributed by atoms with van der Waals surface area (Å²) in [5.41, 5.74) is 0.651. The summed E-state index contributed by atoms with van der Waals surface area (Å²) in [7, 11) is 1.50. The summed E-state index contributed by atoms with van der Waals surface area (Å²) < 4.78 is 12.5. The highest BCUT2D eigenvalue weighted by atomic mass is 16.5. The SMILES string of the molecule is COc1cccc2cc(C(=O)N3C[C@H]4C[C@H](C3)c3cccc(=O)n3C4)c(=O)oc12. The molecule has 1 fully saturated rings. The zero-order chi connectivity index (χ0) is 20.1. The molecule has 0 radical (unpaired) electrons. The van der Waals surface area contributed by atoms with Crippen molar-refractivity contribution in [2.24, 2.45) is 5.92 Å². The molecule has 7 heteroatoms. The first-order valence-electron chi connectivity index (χ1n) is 9.65. The molecule has 5 rings (SSSR count). The largest absolute Gasteiger partial charge is 0.493 e. The maximum absolute atomic E-state index is 13.2. The van der Waals surface area contributed by atoms with Gasteiger partial charge in [0.15, 0.2) is 11.3 Å². The number of rotatable bonds is 2. The van der Waals surface area contributed by atoms with Gasteiger partial charge in [0, 0.05) is 42.7 Å². The van der Waals surface area contributed by atoms with Gasteiger partial charge in [-0.2, -0.15) is 0 Å². The van der Waals surface area contributed by atoms with E-state index in [0.29, 0.717) is 36.4 Å². The van der Waals surface area contributed by atoms with Crippen LogP contribution in [0.25, 0.3) is 11.0 Å². The minimum atomic E-state index is -0.667. The van der Waals surface area contributed by atoms with Crippen LogP contribution in [-0.4, -0.2) is 35.6 Å². The molecule has 0 spiro atoms. The minimum Gasteiger partial charge on any atom is -0.493 e. The van der Waals surface area contributed by atoms with Crippen molar-refractivity contribution in [2.45, 2.75) is 18.9 Å². The van der Waals surface area contributed by atoms with E-state index in [-0.39, 0.29) is 28.9 Å². The second-order valence-electron chi connectivity index (χ2n) is 7.73. The lowest BCUT2D eigenvalue weighted by molar-refractivity contribution is 0.0590. The van der Waals surface area contributed by atoms with Crippen molar-refractivity contribution in [3.8, 4) is 5.75 Å². The van der Waals surface area contributed by atoms with Gasteiger partial charge in [-0.15, -0.1) is 0 Å². The molecule has 0 N–H and O–H groups in total. The molecular formula is C22H20N2O5. The molecule has 29 heavy (non-hydrogen) atoms. The third-order valence-electron chi connectivity index (χ3n) is 5.94. The van der Waals surface area contributed by atoms with E-state index in [2.05, 4.69) is 0 Å². The maximum atomic E-state index is 13.2. The molecule has 1 saturated heterocycles. The zero-order valence-corrected chi connectivity index (χ0v) is 16.0. The van der Waals surface area contributed by atoms with Gasteiger partial charge in [-0.3, -0.25) is 9.59 Å². The molecule has 0 aliphatic carbocycles. The van der Waals surface area contributed by atoms with Gasteiger partial charge in [0.1, 0.15) is 5.56 Å². The molecule has 2 bridgehead atoms. The second-order valence-corrected chi connectivity index (χ2v) is 7.73. The summed E-state index contributed by atoms with van der Waals surface area (Å²) in [4.78, 5) is 39.6. The van der Waals surface area contributed by atoms with Gasteiger partial charge in [-0.05, 0) is 30.5 Å². The van der Waals surface area contributed by atoms with Crippen LogP contribution in [-0.2, 0) is 6.54 Å². The van der Waals surface area contributed by atoms with Crippen LogP contribution in [0.4, 0.5) is 0 Å². The number of carbonyl (C=O) groups is 1. The number of carbonyl (C=O) groups excluding carboxylic acids is 1. The Morgan fingerprint density at radius 2 is 1.93 bits per heavy atom. The predicted octanol–water partition coefficient (Wildman–Crippen LogP) is 2.22. The average molecular weight is 392 g/mol. The number of para-hydroxylation sites is 1. The monoisotopic (exact) mass is 392 g/mol. The number of hydrogen-bond donors (Lipinski definition) is 0. The lowest BCUT2D eigenvalue weighted by atomic mass is 9.83. The molecule has 1 amide bonds. The Hall–Kier alpha value is -3.35. The molecule has 3 aromatic rings. The summed E-state index contributed by atoms with van der Waals surface area (Å²) in [6, 6.07) is 12.1. The van der Waals surface area contributed by atoms with Gasteiger partial charge in [-0.25, -0.2) is 4.79 Å². The van der Waals surface area contributed by atoms with Gasteiger partial charge < -0.3 is 18.6 Å². The van der Waals surface area contributed by atoms with E-state index in [4.69, 9.17) is 9.15 Å². The van der Waals surface area contributed by atoms with Crippen LogP contribution in [0.5, 0.6) is 5.75 Å². The first kappa shape index (κ1) is 17.7. The third-order valence-corrected chi connectivity index (χ3v) is 5.94. The summed E-state index contributed by atoms with van der Waals surface area (Å²) in [5.74, 6) is 0.406. The number of pyridine rings is 1. The van der Waals surface area contributed by atoms with Crippen LogP contribution in [0.15, 0.2) is 56.5 Å². The van der Waals surface area contributed by atoms with Crippen LogP contribution in [0.3, 0.4) is 0 Å². The van der Waals surface area contributed by atoms with E-state index < -0.39 is 5.63 Å². The van der Waals surface area contributed by atoms with E-state index >= 15 is 0 Å². The summed E-state index contributed by atoms with van der Waals surface area (Å²) in [6.07, 6.45) is 0.941. The Morgan fingerprint density at radius 3 is 2.76 bits per heavy atom. The Kier molecular flexibility index (Phi) is 4.04. The quantitative estimate of drug-likeness (QED) is 0.625. The van der Waals surface area contributed by atoms with Crippen molar-refractivity contribution in [3.63, 3.8) is 0 Å². The van der Waals surface area contributed by atoms with E-state index in [9.17, 15) is 14.4 Å². The van der Waals surface area contributed by atoms with Crippen molar-refractivity contribution in [2.75, 3.05) is 20.2 Å². The number of ether oxygens (including phenoxy) is 1. The number of aromatic nitrogens is 1. The fraction of sp³-hybridized carbons (Fsp3) is 0.318. The Labute approximate surface area is 166 Å². The smallest absolute Gasteiger partial charge is 0.349 e. The lowest BCUT2D eigenvalue weighted by Crippen LogP contribution is -2.49.